The minimum absolute atomic E-state index is 0.0220. The topological polar surface area (TPSA) is 48.4 Å². The van der Waals surface area contributed by atoms with Crippen LogP contribution in [-0.4, -0.2) is 23.2 Å². The number of aryl methyl sites for hydroxylation is 1. The number of nitrogens with zero attached hydrogens (tertiary/aromatic N) is 1. The fourth-order valence-electron chi connectivity index (χ4n) is 4.04. The Morgan fingerprint density at radius 1 is 1.21 bits per heavy atom. The molecule has 3 rings (SSSR count). The van der Waals surface area contributed by atoms with Crippen LogP contribution in [0.4, 0.5) is 0 Å². The van der Waals surface area contributed by atoms with E-state index in [1.54, 1.807) is 13.1 Å². The molecule has 0 saturated heterocycles. The molecule has 0 radical (unpaired) electrons. The van der Waals surface area contributed by atoms with E-state index in [9.17, 15) is 4.79 Å². The van der Waals surface area contributed by atoms with Crippen LogP contribution in [0.2, 0.25) is 0 Å². The second kappa shape index (κ2) is 7.91. The molecule has 1 aromatic heterocycles. The third kappa shape index (κ3) is 4.98. The van der Waals surface area contributed by atoms with Crippen LogP contribution in [0, 0.1) is 18.8 Å². The van der Waals surface area contributed by atoms with Crippen LogP contribution < -0.4 is 4.74 Å². The van der Waals surface area contributed by atoms with Crippen molar-refractivity contribution in [3.05, 3.63) is 58.4 Å². The van der Waals surface area contributed by atoms with Crippen LogP contribution in [0.15, 0.2) is 30.5 Å². The van der Waals surface area contributed by atoms with E-state index in [0.717, 1.165) is 28.9 Å². The zero-order valence-electron chi connectivity index (χ0n) is 18.2. The molecule has 4 heteroatoms. The van der Waals surface area contributed by atoms with Crippen molar-refractivity contribution in [2.75, 3.05) is 6.61 Å². The zero-order valence-corrected chi connectivity index (χ0v) is 18.2. The quantitative estimate of drug-likeness (QED) is 0.560. The van der Waals surface area contributed by atoms with Gasteiger partial charge in [-0.3, -0.25) is 4.79 Å². The van der Waals surface area contributed by atoms with Crippen LogP contribution in [0.5, 0.6) is 5.75 Å². The van der Waals surface area contributed by atoms with Gasteiger partial charge in [0.25, 0.3) is 0 Å². The summed E-state index contributed by atoms with van der Waals surface area (Å²) in [6, 6.07) is 7.96. The van der Waals surface area contributed by atoms with Gasteiger partial charge in [-0.1, -0.05) is 25.8 Å². The Kier molecular flexibility index (Phi) is 5.71. The molecule has 0 saturated carbocycles. The maximum absolute atomic E-state index is 11.6. The third-order valence-electron chi connectivity index (χ3n) is 5.11. The first-order valence-corrected chi connectivity index (χ1v) is 10.1. The number of esters is 1. The number of hydrogen-bond acceptors (Lipinski definition) is 4. The minimum atomic E-state index is -0.245. The van der Waals surface area contributed by atoms with E-state index in [4.69, 9.17) is 9.47 Å². The molecule has 2 aromatic rings. The Balaban J connectivity index is 1.84. The van der Waals surface area contributed by atoms with Gasteiger partial charge in [-0.15, -0.1) is 0 Å². The largest absolute Gasteiger partial charge is 0.488 e. The Hall–Kier alpha value is -2.80. The highest BCUT2D eigenvalue weighted by Crippen LogP contribution is 2.45. The normalized spacial score (nSPS) is 16.1. The number of fused-ring (bicyclic) bond motifs is 1. The van der Waals surface area contributed by atoms with Gasteiger partial charge >= 0.3 is 5.97 Å². The van der Waals surface area contributed by atoms with Crippen molar-refractivity contribution in [1.82, 2.24) is 4.98 Å². The van der Waals surface area contributed by atoms with Crippen LogP contribution in [0.1, 0.15) is 69.0 Å². The predicted octanol–water partition coefficient (Wildman–Crippen LogP) is 4.73. The third-order valence-corrected chi connectivity index (χ3v) is 5.11. The summed E-state index contributed by atoms with van der Waals surface area (Å²) < 4.78 is 11.2. The van der Waals surface area contributed by atoms with Crippen molar-refractivity contribution < 1.29 is 14.3 Å². The molecule has 152 valence electrons. The summed E-state index contributed by atoms with van der Waals surface area (Å²) in [5.41, 5.74) is 4.61. The molecule has 2 heterocycles. The van der Waals surface area contributed by atoms with E-state index < -0.39 is 0 Å². The van der Waals surface area contributed by atoms with E-state index in [0.29, 0.717) is 12.3 Å². The van der Waals surface area contributed by atoms with Gasteiger partial charge in [0.05, 0.1) is 13.0 Å². The summed E-state index contributed by atoms with van der Waals surface area (Å²) in [4.78, 5) is 15.9. The second-order valence-corrected chi connectivity index (χ2v) is 8.87. The lowest BCUT2D eigenvalue weighted by Gasteiger charge is -2.42. The molecular formula is C25H29NO3. The summed E-state index contributed by atoms with van der Waals surface area (Å²) >= 11 is 0. The molecule has 29 heavy (non-hydrogen) atoms. The Morgan fingerprint density at radius 3 is 2.62 bits per heavy atom. The summed E-state index contributed by atoms with van der Waals surface area (Å²) in [6.45, 7) is 13.0. The molecule has 1 aromatic carbocycles. The van der Waals surface area contributed by atoms with Gasteiger partial charge in [-0.2, -0.15) is 0 Å². The second-order valence-electron chi connectivity index (χ2n) is 8.87. The molecule has 0 aliphatic carbocycles. The minimum Gasteiger partial charge on any atom is -0.488 e. The van der Waals surface area contributed by atoms with Crippen molar-refractivity contribution in [2.45, 2.75) is 65.4 Å². The lowest BCUT2D eigenvalue weighted by molar-refractivity contribution is -0.142. The van der Waals surface area contributed by atoms with Crippen LogP contribution in [-0.2, 0) is 21.4 Å². The lowest BCUT2D eigenvalue weighted by Crippen LogP contribution is -2.41. The number of carbonyl (C=O) groups excluding carboxylic acids is 1. The van der Waals surface area contributed by atoms with Gasteiger partial charge in [0.15, 0.2) is 0 Å². The van der Waals surface area contributed by atoms with Crippen molar-refractivity contribution >= 4 is 5.97 Å². The Morgan fingerprint density at radius 2 is 1.97 bits per heavy atom. The maximum Gasteiger partial charge on any atom is 0.310 e. The fourth-order valence-corrected chi connectivity index (χ4v) is 4.04. The standard InChI is InChI=1S/C25H29NO3/c1-7-28-23(27)13-18-8-10-20(26-15-18)11-9-19-14-21-22(12-17(19)2)29-25(5,6)16-24(21,3)4/h8,10,12,14-15H,7,13,16H2,1-6H3. The molecule has 0 bridgehead atoms. The number of aromatic nitrogens is 1. The predicted molar refractivity (Wildman–Crippen MR) is 114 cm³/mol. The summed E-state index contributed by atoms with van der Waals surface area (Å²) in [6.07, 6.45) is 2.86. The summed E-state index contributed by atoms with van der Waals surface area (Å²) in [5, 5.41) is 0. The lowest BCUT2D eigenvalue weighted by atomic mass is 9.73. The molecule has 0 amide bonds. The first kappa shape index (κ1) is 20.9. The molecule has 0 N–H and O–H groups in total. The first-order chi connectivity index (χ1) is 13.6. The van der Waals surface area contributed by atoms with Gasteiger partial charge < -0.3 is 9.47 Å². The van der Waals surface area contributed by atoms with E-state index in [-0.39, 0.29) is 23.4 Å². The van der Waals surface area contributed by atoms with Gasteiger partial charge in [0.1, 0.15) is 17.0 Å². The van der Waals surface area contributed by atoms with Crippen LogP contribution in [0.3, 0.4) is 0 Å². The summed E-state index contributed by atoms with van der Waals surface area (Å²) in [5.74, 6) is 7.11. The number of pyridine rings is 1. The van der Waals surface area contributed by atoms with Gasteiger partial charge in [-0.25, -0.2) is 4.98 Å². The highest BCUT2D eigenvalue weighted by atomic mass is 16.5. The van der Waals surface area contributed by atoms with E-state index in [1.807, 2.05) is 12.1 Å². The van der Waals surface area contributed by atoms with Crippen LogP contribution >= 0.6 is 0 Å². The van der Waals surface area contributed by atoms with Crippen LogP contribution in [0.25, 0.3) is 0 Å². The summed E-state index contributed by atoms with van der Waals surface area (Å²) in [7, 11) is 0. The fraction of sp³-hybridized carbons (Fsp3) is 0.440. The SMILES string of the molecule is CCOC(=O)Cc1ccc(C#Cc2cc3c(cc2C)OC(C)(C)CC3(C)C)nc1. The number of benzene rings is 1. The number of hydrogen-bond donors (Lipinski definition) is 0. The Bertz CT molecular complexity index is 976. The molecular weight excluding hydrogens is 362 g/mol. The van der Waals surface area contributed by atoms with Gasteiger partial charge in [-0.05, 0) is 74.8 Å². The van der Waals surface area contributed by atoms with Gasteiger partial charge in [0.2, 0.25) is 0 Å². The molecule has 1 aliphatic heterocycles. The van der Waals surface area contributed by atoms with E-state index in [1.165, 1.54) is 5.56 Å². The first-order valence-electron chi connectivity index (χ1n) is 10.1. The molecule has 4 nitrogen and oxygen atoms in total. The highest BCUT2D eigenvalue weighted by molar-refractivity contribution is 5.72. The van der Waals surface area contributed by atoms with Crippen molar-refractivity contribution in [1.29, 1.82) is 0 Å². The van der Waals surface area contributed by atoms with E-state index >= 15 is 0 Å². The number of carbonyl (C=O) groups is 1. The van der Waals surface area contributed by atoms with Gasteiger partial charge in [0, 0.05) is 17.3 Å². The monoisotopic (exact) mass is 391 g/mol. The van der Waals surface area contributed by atoms with Crippen molar-refractivity contribution in [3.8, 4) is 17.6 Å². The molecule has 0 fully saturated rings. The Labute approximate surface area is 173 Å². The highest BCUT2D eigenvalue weighted by Gasteiger charge is 2.39. The van der Waals surface area contributed by atoms with E-state index in [2.05, 4.69) is 63.6 Å². The molecule has 0 atom stereocenters. The molecule has 1 aliphatic rings. The van der Waals surface area contributed by atoms with Crippen molar-refractivity contribution in [2.24, 2.45) is 0 Å². The smallest absolute Gasteiger partial charge is 0.310 e. The maximum atomic E-state index is 11.6. The molecule has 0 spiro atoms. The number of rotatable bonds is 3. The average Bonchev–Trinajstić information content (AvgIpc) is 2.60. The average molecular weight is 392 g/mol. The zero-order chi connectivity index (χ0) is 21.2. The number of ether oxygens (including phenoxy) is 2. The molecule has 0 unspecified atom stereocenters. The van der Waals surface area contributed by atoms with Crippen molar-refractivity contribution in [3.63, 3.8) is 0 Å².